The second-order valence-corrected chi connectivity index (χ2v) is 4.77. The van der Waals surface area contributed by atoms with Gasteiger partial charge in [0.1, 0.15) is 0 Å². The number of hydrogen-bond donors (Lipinski definition) is 1. The maximum absolute atomic E-state index is 12.2. The molecule has 2 aromatic rings. The largest absolute Gasteiger partial charge is 0.399 e. The van der Waals surface area contributed by atoms with E-state index in [9.17, 15) is 4.79 Å². The van der Waals surface area contributed by atoms with Gasteiger partial charge in [-0.3, -0.25) is 4.79 Å². The summed E-state index contributed by atoms with van der Waals surface area (Å²) in [6.07, 6.45) is 0. The molecular weight excluding hydrogens is 278 g/mol. The molecule has 0 aliphatic rings. The lowest BCUT2D eigenvalue weighted by Crippen LogP contribution is -2.01. The van der Waals surface area contributed by atoms with Crippen LogP contribution in [0.2, 0.25) is 0 Å². The van der Waals surface area contributed by atoms with E-state index in [-0.39, 0.29) is 5.78 Å². The first-order chi connectivity index (χ1) is 8.08. The quantitative estimate of drug-likeness (QED) is 0.678. The predicted molar refractivity (Wildman–Crippen MR) is 73.2 cm³/mol. The Hall–Kier alpha value is -1.61. The molecule has 2 N–H and O–H groups in total. The van der Waals surface area contributed by atoms with Gasteiger partial charge in [-0.05, 0) is 55.0 Å². The van der Waals surface area contributed by atoms with E-state index < -0.39 is 0 Å². The van der Waals surface area contributed by atoms with Crippen LogP contribution < -0.4 is 5.73 Å². The van der Waals surface area contributed by atoms with Gasteiger partial charge in [0.15, 0.2) is 5.78 Å². The zero-order chi connectivity index (χ0) is 12.4. The number of hydrogen-bond acceptors (Lipinski definition) is 2. The summed E-state index contributed by atoms with van der Waals surface area (Å²) in [5.41, 5.74) is 8.64. The molecule has 3 heteroatoms. The van der Waals surface area contributed by atoms with E-state index in [1.807, 2.05) is 25.1 Å². The molecule has 0 heterocycles. The SMILES string of the molecule is Cc1cc(C(=O)c2ccc(N)cc2)ccc1Br. The fraction of sp³-hybridized carbons (Fsp3) is 0.0714. The highest BCUT2D eigenvalue weighted by atomic mass is 79.9. The summed E-state index contributed by atoms with van der Waals surface area (Å²) in [6.45, 7) is 1.96. The number of carbonyl (C=O) groups is 1. The number of nitrogen functional groups attached to an aromatic ring is 1. The van der Waals surface area contributed by atoms with E-state index in [4.69, 9.17) is 5.73 Å². The van der Waals surface area contributed by atoms with Gasteiger partial charge in [0.2, 0.25) is 0 Å². The zero-order valence-electron chi connectivity index (χ0n) is 9.41. The van der Waals surface area contributed by atoms with E-state index in [1.165, 1.54) is 0 Å². The van der Waals surface area contributed by atoms with Crippen LogP contribution >= 0.6 is 15.9 Å². The Labute approximate surface area is 109 Å². The van der Waals surface area contributed by atoms with Crippen LogP contribution in [-0.4, -0.2) is 5.78 Å². The number of aryl methyl sites for hydroxylation is 1. The molecule has 2 rings (SSSR count). The minimum Gasteiger partial charge on any atom is -0.399 e. The second-order valence-electron chi connectivity index (χ2n) is 3.92. The molecule has 17 heavy (non-hydrogen) atoms. The van der Waals surface area contributed by atoms with Crippen LogP contribution in [0.4, 0.5) is 5.69 Å². The van der Waals surface area contributed by atoms with Crippen LogP contribution in [0, 0.1) is 6.92 Å². The van der Waals surface area contributed by atoms with E-state index in [2.05, 4.69) is 15.9 Å². The van der Waals surface area contributed by atoms with Gasteiger partial charge in [0.05, 0.1) is 0 Å². The summed E-state index contributed by atoms with van der Waals surface area (Å²) in [5, 5.41) is 0. The maximum atomic E-state index is 12.2. The summed E-state index contributed by atoms with van der Waals surface area (Å²) >= 11 is 3.42. The van der Waals surface area contributed by atoms with Crippen molar-refractivity contribution in [2.24, 2.45) is 0 Å². The van der Waals surface area contributed by atoms with Crippen molar-refractivity contribution in [2.45, 2.75) is 6.92 Å². The van der Waals surface area contributed by atoms with Crippen LogP contribution in [0.3, 0.4) is 0 Å². The Morgan fingerprint density at radius 2 is 1.65 bits per heavy atom. The van der Waals surface area contributed by atoms with Crippen molar-refractivity contribution >= 4 is 27.4 Å². The molecule has 0 radical (unpaired) electrons. The first-order valence-corrected chi connectivity index (χ1v) is 6.03. The van der Waals surface area contributed by atoms with Crippen LogP contribution in [0.25, 0.3) is 0 Å². The lowest BCUT2D eigenvalue weighted by atomic mass is 10.0. The van der Waals surface area contributed by atoms with Crippen molar-refractivity contribution in [1.82, 2.24) is 0 Å². The van der Waals surface area contributed by atoms with E-state index >= 15 is 0 Å². The number of benzene rings is 2. The van der Waals surface area contributed by atoms with Gasteiger partial charge in [-0.2, -0.15) is 0 Å². The molecule has 0 aliphatic carbocycles. The number of nitrogens with two attached hydrogens (primary N) is 1. The molecule has 2 aromatic carbocycles. The fourth-order valence-electron chi connectivity index (χ4n) is 1.59. The molecular formula is C14H12BrNO. The highest BCUT2D eigenvalue weighted by Gasteiger charge is 2.09. The Morgan fingerprint density at radius 1 is 1.06 bits per heavy atom. The van der Waals surface area contributed by atoms with Crippen LogP contribution in [0.15, 0.2) is 46.9 Å². The van der Waals surface area contributed by atoms with E-state index in [0.29, 0.717) is 16.8 Å². The predicted octanol–water partition coefficient (Wildman–Crippen LogP) is 3.57. The van der Waals surface area contributed by atoms with Gasteiger partial charge in [-0.1, -0.05) is 15.9 Å². The summed E-state index contributed by atoms with van der Waals surface area (Å²) in [4.78, 5) is 12.2. The molecule has 0 spiro atoms. The summed E-state index contributed by atoms with van der Waals surface area (Å²) in [5.74, 6) is 0.0144. The summed E-state index contributed by atoms with van der Waals surface area (Å²) in [6, 6.07) is 12.5. The number of halogens is 1. The Bertz CT molecular complexity index is 561. The van der Waals surface area contributed by atoms with Crippen molar-refractivity contribution in [3.8, 4) is 0 Å². The van der Waals surface area contributed by atoms with Gasteiger partial charge in [-0.15, -0.1) is 0 Å². The molecule has 2 nitrogen and oxygen atoms in total. The average Bonchev–Trinajstić information content (AvgIpc) is 2.33. The van der Waals surface area contributed by atoms with Gasteiger partial charge < -0.3 is 5.73 Å². The molecule has 0 saturated carbocycles. The average molecular weight is 290 g/mol. The normalized spacial score (nSPS) is 10.2. The first-order valence-electron chi connectivity index (χ1n) is 5.24. The van der Waals surface area contributed by atoms with Crippen molar-refractivity contribution in [2.75, 3.05) is 5.73 Å². The maximum Gasteiger partial charge on any atom is 0.193 e. The smallest absolute Gasteiger partial charge is 0.193 e. The minimum absolute atomic E-state index is 0.0144. The minimum atomic E-state index is 0.0144. The lowest BCUT2D eigenvalue weighted by Gasteiger charge is -2.04. The number of carbonyl (C=O) groups excluding carboxylic acids is 1. The standard InChI is InChI=1S/C14H12BrNO/c1-9-8-11(4-7-13(9)15)14(17)10-2-5-12(16)6-3-10/h2-8H,16H2,1H3. The number of anilines is 1. The number of rotatable bonds is 2. The van der Waals surface area contributed by atoms with Gasteiger partial charge >= 0.3 is 0 Å². The third-order valence-electron chi connectivity index (χ3n) is 2.59. The van der Waals surface area contributed by atoms with Crippen LogP contribution in [-0.2, 0) is 0 Å². The van der Waals surface area contributed by atoms with Crippen LogP contribution in [0.5, 0.6) is 0 Å². The molecule has 86 valence electrons. The molecule has 0 amide bonds. The highest BCUT2D eigenvalue weighted by molar-refractivity contribution is 9.10. The third-order valence-corrected chi connectivity index (χ3v) is 3.48. The van der Waals surface area contributed by atoms with Gasteiger partial charge in [0, 0.05) is 21.3 Å². The Morgan fingerprint density at radius 3 is 2.24 bits per heavy atom. The van der Waals surface area contributed by atoms with Crippen molar-refractivity contribution < 1.29 is 4.79 Å². The molecule has 0 aromatic heterocycles. The first kappa shape index (κ1) is 11.9. The zero-order valence-corrected chi connectivity index (χ0v) is 11.0. The second kappa shape index (κ2) is 4.72. The highest BCUT2D eigenvalue weighted by Crippen LogP contribution is 2.19. The third kappa shape index (κ3) is 2.56. The molecule has 0 bridgehead atoms. The van der Waals surface area contributed by atoms with Crippen molar-refractivity contribution in [3.63, 3.8) is 0 Å². The Kier molecular flexibility index (Phi) is 3.29. The van der Waals surface area contributed by atoms with Crippen molar-refractivity contribution in [1.29, 1.82) is 0 Å². The molecule has 0 saturated heterocycles. The van der Waals surface area contributed by atoms with Gasteiger partial charge in [-0.25, -0.2) is 0 Å². The van der Waals surface area contributed by atoms with E-state index in [1.54, 1.807) is 24.3 Å². The number of ketones is 1. The summed E-state index contributed by atoms with van der Waals surface area (Å²) < 4.78 is 1.01. The topological polar surface area (TPSA) is 43.1 Å². The Balaban J connectivity index is 2.37. The van der Waals surface area contributed by atoms with E-state index in [0.717, 1.165) is 10.0 Å². The fourth-order valence-corrected chi connectivity index (χ4v) is 1.83. The van der Waals surface area contributed by atoms with Crippen molar-refractivity contribution in [3.05, 3.63) is 63.6 Å². The molecule has 0 unspecified atom stereocenters. The van der Waals surface area contributed by atoms with Crippen LogP contribution in [0.1, 0.15) is 21.5 Å². The monoisotopic (exact) mass is 289 g/mol. The van der Waals surface area contributed by atoms with Gasteiger partial charge in [0.25, 0.3) is 0 Å². The summed E-state index contributed by atoms with van der Waals surface area (Å²) in [7, 11) is 0. The molecule has 0 fully saturated rings. The molecule has 0 atom stereocenters. The molecule has 0 aliphatic heterocycles. The lowest BCUT2D eigenvalue weighted by molar-refractivity contribution is 0.103.